The van der Waals surface area contributed by atoms with Crippen LogP contribution in [-0.2, 0) is 0 Å². The van der Waals surface area contributed by atoms with Crippen LogP contribution < -0.4 is 11.1 Å². The molecule has 2 aliphatic carbocycles. The Kier molecular flexibility index (Phi) is 3.13. The van der Waals surface area contributed by atoms with Gasteiger partial charge in [0.15, 0.2) is 5.96 Å². The first kappa shape index (κ1) is 11.7. The van der Waals surface area contributed by atoms with Gasteiger partial charge in [-0.15, -0.1) is 0 Å². The maximum atomic E-state index is 5.94. The normalized spacial score (nSPS) is 35.0. The maximum Gasteiger partial charge on any atom is 0.189 e. The number of nitrogens with two attached hydrogens (primary N) is 1. The van der Waals surface area contributed by atoms with Gasteiger partial charge in [0.05, 0.1) is 6.04 Å². The summed E-state index contributed by atoms with van der Waals surface area (Å²) in [6, 6.07) is 1.06. The molecule has 0 bridgehead atoms. The van der Waals surface area contributed by atoms with Crippen molar-refractivity contribution in [2.24, 2.45) is 22.1 Å². The molecule has 3 nitrogen and oxygen atoms in total. The van der Waals surface area contributed by atoms with E-state index < -0.39 is 0 Å². The van der Waals surface area contributed by atoms with E-state index in [1.165, 1.54) is 32.1 Å². The number of hydrogen-bond donors (Lipinski definition) is 2. The van der Waals surface area contributed by atoms with Gasteiger partial charge in [0.1, 0.15) is 0 Å². The van der Waals surface area contributed by atoms with Gasteiger partial charge in [-0.05, 0) is 43.4 Å². The van der Waals surface area contributed by atoms with Gasteiger partial charge in [-0.1, -0.05) is 20.8 Å². The fourth-order valence-electron chi connectivity index (χ4n) is 2.85. The fourth-order valence-corrected chi connectivity index (χ4v) is 2.85. The monoisotopic (exact) mass is 223 g/mol. The SMILES string of the molecule is CCC1(C(C)C)CC1N=C(N)NC1CCC1. The minimum absolute atomic E-state index is 0.436. The van der Waals surface area contributed by atoms with Gasteiger partial charge in [-0.2, -0.15) is 0 Å². The largest absolute Gasteiger partial charge is 0.370 e. The Hall–Kier alpha value is -0.730. The predicted molar refractivity (Wildman–Crippen MR) is 68.4 cm³/mol. The van der Waals surface area contributed by atoms with Crippen molar-refractivity contribution in [2.75, 3.05) is 0 Å². The molecule has 2 aliphatic rings. The van der Waals surface area contributed by atoms with E-state index in [9.17, 15) is 0 Å². The summed E-state index contributed by atoms with van der Waals surface area (Å²) in [7, 11) is 0. The Balaban J connectivity index is 1.87. The molecule has 0 aliphatic heterocycles. The van der Waals surface area contributed by atoms with E-state index in [4.69, 9.17) is 5.73 Å². The molecule has 0 spiro atoms. The molecule has 16 heavy (non-hydrogen) atoms. The zero-order valence-electron chi connectivity index (χ0n) is 10.8. The highest BCUT2D eigenvalue weighted by atomic mass is 15.1. The maximum absolute atomic E-state index is 5.94. The van der Waals surface area contributed by atoms with Crippen LogP contribution in [0.3, 0.4) is 0 Å². The van der Waals surface area contributed by atoms with Crippen LogP contribution in [0.25, 0.3) is 0 Å². The molecule has 0 radical (unpaired) electrons. The van der Waals surface area contributed by atoms with Crippen LogP contribution in [-0.4, -0.2) is 18.0 Å². The molecule has 0 aromatic heterocycles. The first-order chi connectivity index (χ1) is 7.58. The second kappa shape index (κ2) is 4.27. The molecule has 0 saturated heterocycles. The molecule has 2 unspecified atom stereocenters. The van der Waals surface area contributed by atoms with Gasteiger partial charge in [-0.25, -0.2) is 4.99 Å². The predicted octanol–water partition coefficient (Wildman–Crippen LogP) is 2.27. The van der Waals surface area contributed by atoms with Crippen LogP contribution in [0.15, 0.2) is 4.99 Å². The van der Waals surface area contributed by atoms with Crippen LogP contribution in [0.5, 0.6) is 0 Å². The van der Waals surface area contributed by atoms with Gasteiger partial charge in [0.25, 0.3) is 0 Å². The van der Waals surface area contributed by atoms with Gasteiger partial charge < -0.3 is 11.1 Å². The third-order valence-corrected chi connectivity index (χ3v) is 4.64. The third kappa shape index (κ3) is 2.04. The number of hydrogen-bond acceptors (Lipinski definition) is 1. The van der Waals surface area contributed by atoms with E-state index in [0.29, 0.717) is 29.4 Å². The summed E-state index contributed by atoms with van der Waals surface area (Å²) in [5.74, 6) is 1.38. The van der Waals surface area contributed by atoms with Crippen molar-refractivity contribution in [3.05, 3.63) is 0 Å². The van der Waals surface area contributed by atoms with Gasteiger partial charge in [0.2, 0.25) is 0 Å². The van der Waals surface area contributed by atoms with Crippen molar-refractivity contribution in [1.82, 2.24) is 5.32 Å². The molecule has 2 atom stereocenters. The van der Waals surface area contributed by atoms with Gasteiger partial charge in [0, 0.05) is 6.04 Å². The lowest BCUT2D eigenvalue weighted by molar-refractivity contribution is 0.334. The lowest BCUT2D eigenvalue weighted by Crippen LogP contribution is -2.44. The zero-order chi connectivity index (χ0) is 11.8. The molecule has 92 valence electrons. The second-order valence-corrected chi connectivity index (χ2v) is 5.75. The van der Waals surface area contributed by atoms with Crippen LogP contribution >= 0.6 is 0 Å². The molecular formula is C13H25N3. The summed E-state index contributed by atoms with van der Waals surface area (Å²) in [4.78, 5) is 4.64. The quantitative estimate of drug-likeness (QED) is 0.567. The third-order valence-electron chi connectivity index (χ3n) is 4.64. The minimum Gasteiger partial charge on any atom is -0.370 e. The first-order valence-electron chi connectivity index (χ1n) is 6.68. The molecule has 2 rings (SSSR count). The number of aliphatic imine (C=N–C) groups is 1. The lowest BCUT2D eigenvalue weighted by atomic mass is 9.89. The number of nitrogens with zero attached hydrogens (tertiary/aromatic N) is 1. The van der Waals surface area contributed by atoms with Crippen LogP contribution in [0, 0.1) is 11.3 Å². The van der Waals surface area contributed by atoms with Gasteiger partial charge >= 0.3 is 0 Å². The molecule has 0 amide bonds. The Bertz CT molecular complexity index is 281. The molecule has 0 aromatic rings. The van der Waals surface area contributed by atoms with Crippen molar-refractivity contribution in [3.63, 3.8) is 0 Å². The molecule has 0 aromatic carbocycles. The summed E-state index contributed by atoms with van der Waals surface area (Å²) in [5, 5.41) is 3.32. The number of rotatable bonds is 4. The molecule has 2 saturated carbocycles. The highest BCUT2D eigenvalue weighted by Crippen LogP contribution is 2.56. The topological polar surface area (TPSA) is 50.4 Å². The summed E-state index contributed by atoms with van der Waals surface area (Å²) in [5.41, 5.74) is 6.38. The highest BCUT2D eigenvalue weighted by Gasteiger charge is 2.54. The summed E-state index contributed by atoms with van der Waals surface area (Å²) in [6.07, 6.45) is 6.27. The van der Waals surface area contributed by atoms with E-state index in [1.807, 2.05) is 0 Å². The smallest absolute Gasteiger partial charge is 0.189 e. The van der Waals surface area contributed by atoms with Crippen molar-refractivity contribution in [3.8, 4) is 0 Å². The Morgan fingerprint density at radius 2 is 2.19 bits per heavy atom. The molecule has 2 fully saturated rings. The van der Waals surface area contributed by atoms with Crippen LogP contribution in [0.4, 0.5) is 0 Å². The highest BCUT2D eigenvalue weighted by molar-refractivity contribution is 5.78. The Morgan fingerprint density at radius 3 is 2.56 bits per heavy atom. The number of nitrogens with one attached hydrogen (secondary N) is 1. The fraction of sp³-hybridized carbons (Fsp3) is 0.923. The molecule has 3 heteroatoms. The Labute approximate surface area is 98.9 Å². The second-order valence-electron chi connectivity index (χ2n) is 5.75. The first-order valence-corrected chi connectivity index (χ1v) is 6.68. The van der Waals surface area contributed by atoms with Crippen molar-refractivity contribution in [1.29, 1.82) is 0 Å². The van der Waals surface area contributed by atoms with E-state index in [1.54, 1.807) is 0 Å². The summed E-state index contributed by atoms with van der Waals surface area (Å²) < 4.78 is 0. The van der Waals surface area contributed by atoms with E-state index in [2.05, 4.69) is 31.1 Å². The summed E-state index contributed by atoms with van der Waals surface area (Å²) >= 11 is 0. The van der Waals surface area contributed by atoms with E-state index >= 15 is 0 Å². The lowest BCUT2D eigenvalue weighted by Gasteiger charge is -2.27. The average molecular weight is 223 g/mol. The average Bonchev–Trinajstić information content (AvgIpc) is 2.86. The van der Waals surface area contributed by atoms with Gasteiger partial charge in [-0.3, -0.25) is 0 Å². The van der Waals surface area contributed by atoms with Crippen molar-refractivity contribution < 1.29 is 0 Å². The molecular weight excluding hydrogens is 198 g/mol. The minimum atomic E-state index is 0.436. The van der Waals surface area contributed by atoms with Crippen molar-refractivity contribution in [2.45, 2.75) is 65.0 Å². The zero-order valence-corrected chi connectivity index (χ0v) is 10.8. The standard InChI is InChI=1S/C13H25N3/c1-4-13(9(2)3)8-11(13)16-12(14)15-10-6-5-7-10/h9-11H,4-8H2,1-3H3,(H3,14,15,16). The van der Waals surface area contributed by atoms with E-state index in [-0.39, 0.29) is 0 Å². The molecule has 0 heterocycles. The summed E-state index contributed by atoms with van der Waals surface area (Å²) in [6.45, 7) is 6.87. The van der Waals surface area contributed by atoms with Crippen molar-refractivity contribution >= 4 is 5.96 Å². The molecule has 3 N–H and O–H groups in total. The Morgan fingerprint density at radius 1 is 1.50 bits per heavy atom. The number of guanidine groups is 1. The van der Waals surface area contributed by atoms with Crippen LogP contribution in [0.2, 0.25) is 0 Å². The van der Waals surface area contributed by atoms with E-state index in [0.717, 1.165) is 0 Å². The van der Waals surface area contributed by atoms with Crippen LogP contribution in [0.1, 0.15) is 52.9 Å².